The summed E-state index contributed by atoms with van der Waals surface area (Å²) in [5.41, 5.74) is 9.93. The van der Waals surface area contributed by atoms with Crippen LogP contribution in [0.1, 0.15) is 51.9 Å². The predicted octanol–water partition coefficient (Wildman–Crippen LogP) is 11.1. The molecule has 2 aromatic rings. The largest absolute Gasteiger partial charge is 0.542 e. The molecule has 6 nitrogen and oxygen atoms in total. The van der Waals surface area contributed by atoms with E-state index in [1.165, 1.54) is 0 Å². The van der Waals surface area contributed by atoms with Gasteiger partial charge in [0.25, 0.3) is 16.6 Å². The molecule has 0 saturated carbocycles. The molecule has 2 aliphatic rings. The summed E-state index contributed by atoms with van der Waals surface area (Å²) in [7, 11) is -4.64. The van der Waals surface area contributed by atoms with Gasteiger partial charge in [-0.15, -0.1) is 0 Å². The smallest absolute Gasteiger partial charge is 0.325 e. The molecule has 0 fully saturated rings. The molecule has 1 heterocycles. The van der Waals surface area contributed by atoms with Crippen molar-refractivity contribution in [2.45, 2.75) is 77.8 Å². The fourth-order valence-corrected chi connectivity index (χ4v) is 10.3. The van der Waals surface area contributed by atoms with Gasteiger partial charge in [0.15, 0.2) is 11.3 Å². The zero-order chi connectivity index (χ0) is 33.3. The minimum absolute atomic E-state index is 0.00962. The van der Waals surface area contributed by atoms with Crippen molar-refractivity contribution in [1.29, 1.82) is 0 Å². The Morgan fingerprint density at radius 3 is 1.98 bits per heavy atom. The number of hydrogen-bond donors (Lipinski definition) is 1. The summed E-state index contributed by atoms with van der Waals surface area (Å²) in [4.78, 5) is 27.2. The van der Waals surface area contributed by atoms with Gasteiger partial charge in [-0.2, -0.15) is 0 Å². The number of carbonyl (C=O) groups is 1. The Morgan fingerprint density at radius 1 is 0.818 bits per heavy atom. The summed E-state index contributed by atoms with van der Waals surface area (Å²) >= 11 is 8.74. The number of carbonyl (C=O) groups excluding carboxylic acids is 1. The molecule has 0 amide bonds. The lowest BCUT2D eigenvalue weighted by Crippen LogP contribution is -2.44. The minimum Gasteiger partial charge on any atom is -0.542 e. The first-order valence-corrected chi connectivity index (χ1v) is 24.2. The van der Waals surface area contributed by atoms with Crippen LogP contribution in [0.3, 0.4) is 0 Å². The van der Waals surface area contributed by atoms with Crippen molar-refractivity contribution < 1.29 is 18.1 Å². The van der Waals surface area contributed by atoms with E-state index in [0.29, 0.717) is 35.3 Å². The third-order valence-electron chi connectivity index (χ3n) is 8.86. The molecule has 12 heteroatoms. The average Bonchev–Trinajstić information content (AvgIpc) is 2.87. The number of rotatable bonds is 5. The number of benzene rings is 3. The lowest BCUT2D eigenvalue weighted by Gasteiger charge is -2.37. The molecule has 1 aliphatic carbocycles. The number of hydrogen-bond acceptors (Lipinski definition) is 6. The summed E-state index contributed by atoms with van der Waals surface area (Å²) in [6.07, 6.45) is 0. The first-order chi connectivity index (χ1) is 20.0. The molecule has 0 atom stereocenters. The molecular formula is C32H37I4NO5Si2. The number of halogens is 4. The van der Waals surface area contributed by atoms with E-state index in [0.717, 1.165) is 29.4 Å². The Bertz CT molecular complexity index is 1840. The molecule has 0 saturated heterocycles. The molecule has 1 aliphatic heterocycles. The number of fused-ring (bicyclic) bond motifs is 2. The van der Waals surface area contributed by atoms with Crippen LogP contribution in [0, 0.1) is 14.3 Å². The fourth-order valence-electron chi connectivity index (χ4n) is 4.16. The Balaban J connectivity index is 2.14. The van der Waals surface area contributed by atoms with Crippen molar-refractivity contribution in [3.05, 3.63) is 60.4 Å². The van der Waals surface area contributed by atoms with Crippen molar-refractivity contribution >= 4 is 130 Å². The van der Waals surface area contributed by atoms with Crippen LogP contribution in [-0.2, 0) is 4.43 Å². The van der Waals surface area contributed by atoms with Gasteiger partial charge >= 0.3 is 5.97 Å². The normalized spacial score (nSPS) is 13.0. The van der Waals surface area contributed by atoms with Gasteiger partial charge in [0.05, 0.1) is 16.3 Å². The molecule has 2 aromatic carbocycles. The average molecular weight is 1080 g/mol. The molecule has 0 bridgehead atoms. The number of nitrogen functional groups attached to an aromatic ring is 1. The van der Waals surface area contributed by atoms with E-state index in [4.69, 9.17) is 19.0 Å². The van der Waals surface area contributed by atoms with Crippen LogP contribution in [0.25, 0.3) is 33.4 Å². The first-order valence-electron chi connectivity index (χ1n) is 14.1. The second-order valence-electron chi connectivity index (χ2n) is 14.1. The maximum absolute atomic E-state index is 14.0. The molecule has 0 radical (unpaired) electrons. The maximum atomic E-state index is 14.0. The van der Waals surface area contributed by atoms with Gasteiger partial charge in [0.1, 0.15) is 9.32 Å². The van der Waals surface area contributed by atoms with Crippen LogP contribution in [0.5, 0.6) is 5.75 Å². The van der Waals surface area contributed by atoms with Crippen molar-refractivity contribution in [3.63, 3.8) is 0 Å². The molecule has 0 spiro atoms. The standard InChI is InChI=1S/C32H37I4NO5Si2/c1-31(2,3)43(7,8)41-29-22(34)15-20-23(19-14-21(33)26(38)24(35)27(19)40-28(20)25(29)36)18-13-16(37)11-12-17(18)30(39)42-44(9,10)32(4,5)6/h11-15H,37H2,1-10H3. The second kappa shape index (κ2) is 12.5. The highest BCUT2D eigenvalue weighted by Crippen LogP contribution is 2.49. The Labute approximate surface area is 316 Å². The van der Waals surface area contributed by atoms with E-state index in [2.05, 4.69) is 164 Å². The minimum atomic E-state index is -2.44. The zero-order valence-corrected chi connectivity index (χ0v) is 37.1. The van der Waals surface area contributed by atoms with Crippen LogP contribution in [0.2, 0.25) is 36.3 Å². The molecular weight excluding hydrogens is 1040 g/mol. The van der Waals surface area contributed by atoms with E-state index >= 15 is 0 Å². The summed E-state index contributed by atoms with van der Waals surface area (Å²) in [5, 5.41) is 0.626. The molecule has 236 valence electrons. The van der Waals surface area contributed by atoms with Gasteiger partial charge < -0.3 is 19.0 Å². The molecule has 44 heavy (non-hydrogen) atoms. The monoisotopic (exact) mass is 1080 g/mol. The van der Waals surface area contributed by atoms with Gasteiger partial charge in [-0.3, -0.25) is 4.79 Å². The van der Waals surface area contributed by atoms with Crippen molar-refractivity contribution in [1.82, 2.24) is 0 Å². The van der Waals surface area contributed by atoms with E-state index in [9.17, 15) is 9.59 Å². The van der Waals surface area contributed by atoms with Gasteiger partial charge in [0.2, 0.25) is 5.43 Å². The van der Waals surface area contributed by atoms with Crippen LogP contribution in [0.4, 0.5) is 5.69 Å². The van der Waals surface area contributed by atoms with E-state index in [1.54, 1.807) is 12.1 Å². The topological polar surface area (TPSA) is 91.8 Å². The summed E-state index contributed by atoms with van der Waals surface area (Å²) in [5.74, 6) is 0.843. The third kappa shape index (κ3) is 6.76. The number of anilines is 1. The van der Waals surface area contributed by atoms with E-state index < -0.39 is 16.6 Å². The van der Waals surface area contributed by atoms with E-state index in [-0.39, 0.29) is 21.5 Å². The molecule has 2 N–H and O–H groups in total. The van der Waals surface area contributed by atoms with Gasteiger partial charge in [-0.1, -0.05) is 41.5 Å². The van der Waals surface area contributed by atoms with Crippen molar-refractivity contribution in [3.8, 4) is 28.2 Å². The summed E-state index contributed by atoms with van der Waals surface area (Å²) in [6, 6.07) is 9.18. The van der Waals surface area contributed by atoms with E-state index in [1.807, 2.05) is 12.1 Å². The van der Waals surface area contributed by atoms with Crippen molar-refractivity contribution in [2.75, 3.05) is 5.73 Å². The Morgan fingerprint density at radius 2 is 1.41 bits per heavy atom. The SMILES string of the molecule is CC(C)(C)[Si](C)(C)OC(=O)c1ccc(N)cc1-c1c2cc(I)c(=O)c(I)c-2oc2c(I)c(O[Si](C)(C)C(C)(C)C)c(I)cc12. The van der Waals surface area contributed by atoms with Crippen LogP contribution in [0.15, 0.2) is 39.5 Å². The highest BCUT2D eigenvalue weighted by Gasteiger charge is 2.42. The molecule has 4 rings (SSSR count). The lowest BCUT2D eigenvalue weighted by atomic mass is 9.90. The number of nitrogens with two attached hydrogens (primary N) is 1. The van der Waals surface area contributed by atoms with Crippen LogP contribution >= 0.6 is 90.4 Å². The molecule has 0 unspecified atom stereocenters. The lowest BCUT2D eigenvalue weighted by molar-refractivity contribution is 0.0713. The van der Waals surface area contributed by atoms with Gasteiger partial charge in [0, 0.05) is 22.2 Å². The van der Waals surface area contributed by atoms with Crippen molar-refractivity contribution in [2.24, 2.45) is 0 Å². The highest BCUT2D eigenvalue weighted by molar-refractivity contribution is 14.1. The van der Waals surface area contributed by atoms with Crippen LogP contribution < -0.4 is 15.6 Å². The third-order valence-corrected chi connectivity index (χ3v) is 21.1. The Kier molecular flexibility index (Phi) is 10.4. The molecule has 0 aromatic heterocycles. The zero-order valence-electron chi connectivity index (χ0n) is 26.5. The van der Waals surface area contributed by atoms with Gasteiger partial charge in [-0.05, 0) is 163 Å². The second-order valence-corrected chi connectivity index (χ2v) is 28.0. The summed E-state index contributed by atoms with van der Waals surface area (Å²) < 4.78 is 22.6. The van der Waals surface area contributed by atoms with Gasteiger partial charge in [-0.25, -0.2) is 4.79 Å². The summed E-state index contributed by atoms with van der Waals surface area (Å²) in [6.45, 7) is 21.5. The maximum Gasteiger partial charge on any atom is 0.325 e. The highest BCUT2D eigenvalue weighted by atomic mass is 127. The van der Waals surface area contributed by atoms with Crippen LogP contribution in [-0.4, -0.2) is 22.6 Å². The Hall–Kier alpha value is -0.446. The predicted molar refractivity (Wildman–Crippen MR) is 220 cm³/mol. The first kappa shape index (κ1) is 36.4. The quantitative estimate of drug-likeness (QED) is 0.0927. The fraction of sp³-hybridized carbons (Fsp3) is 0.375.